The Balaban J connectivity index is 0. The average molecular weight is 158 g/mol. The zero-order valence-electron chi connectivity index (χ0n) is 4.77. The van der Waals surface area contributed by atoms with Crippen LogP contribution in [0, 0.1) is 0 Å². The van der Waals surface area contributed by atoms with Gasteiger partial charge in [0.15, 0.2) is 0 Å². The Bertz CT molecular complexity index is 86.5. The minimum Gasteiger partial charge on any atom is -0.368 e. The van der Waals surface area contributed by atoms with Crippen molar-refractivity contribution in [1.82, 2.24) is 0 Å². The molecule has 4 heteroatoms. The molecule has 0 radical (unpaired) electrons. The largest absolute Gasteiger partial charge is 0.368 e. The van der Waals surface area contributed by atoms with Crippen molar-refractivity contribution in [2.75, 3.05) is 0 Å². The monoisotopic (exact) mass is 157 g/mol. The summed E-state index contributed by atoms with van der Waals surface area (Å²) in [5, 5.41) is 0. The van der Waals surface area contributed by atoms with E-state index in [4.69, 9.17) is 17.3 Å². The van der Waals surface area contributed by atoms with Crippen molar-refractivity contribution in [3.63, 3.8) is 0 Å². The summed E-state index contributed by atoms with van der Waals surface area (Å²) < 4.78 is 0. The van der Waals surface area contributed by atoms with E-state index in [-0.39, 0.29) is 12.4 Å². The van der Waals surface area contributed by atoms with Gasteiger partial charge in [-0.3, -0.25) is 4.79 Å². The van der Waals surface area contributed by atoms with E-state index in [9.17, 15) is 4.79 Å². The third-order valence-electron chi connectivity index (χ3n) is 0.586. The van der Waals surface area contributed by atoms with Gasteiger partial charge in [0.05, 0.1) is 0 Å². The number of carbonyl (C=O) groups excluding carboxylic acids is 1. The Kier molecular flexibility index (Phi) is 4.31. The summed E-state index contributed by atoms with van der Waals surface area (Å²) in [5.74, 6) is -0.492. The second kappa shape index (κ2) is 3.15. The molecule has 0 spiro atoms. The molecule has 0 aromatic heterocycles. The Hall–Kier alpha value is 0.0500. The smallest absolute Gasteiger partial charge is 0.238 e. The lowest BCUT2D eigenvalue weighted by molar-refractivity contribution is -0.119. The van der Waals surface area contributed by atoms with Gasteiger partial charge in [-0.15, -0.1) is 24.0 Å². The van der Waals surface area contributed by atoms with E-state index in [1.807, 2.05) is 0 Å². The maximum Gasteiger partial charge on any atom is 0.238 e. The van der Waals surface area contributed by atoms with Crippen LogP contribution in [0.25, 0.3) is 0 Å². The first kappa shape index (κ1) is 10.9. The van der Waals surface area contributed by atoms with Gasteiger partial charge in [0.25, 0.3) is 0 Å². The first-order valence-corrected chi connectivity index (χ1v) is 2.31. The van der Waals surface area contributed by atoms with Crippen molar-refractivity contribution in [2.24, 2.45) is 5.73 Å². The lowest BCUT2D eigenvalue weighted by Gasteiger charge is -2.07. The molecule has 0 saturated carbocycles. The summed E-state index contributed by atoms with van der Waals surface area (Å²) in [4.78, 5) is 9.22. The van der Waals surface area contributed by atoms with Crippen LogP contribution in [0.1, 0.15) is 13.8 Å². The van der Waals surface area contributed by atoms with E-state index in [1.165, 1.54) is 0 Å². The van der Waals surface area contributed by atoms with Crippen molar-refractivity contribution in [2.45, 2.75) is 18.7 Å². The van der Waals surface area contributed by atoms with Gasteiger partial charge in [-0.25, -0.2) is 0 Å². The molecule has 2 N–H and O–H groups in total. The van der Waals surface area contributed by atoms with Gasteiger partial charge >= 0.3 is 0 Å². The van der Waals surface area contributed by atoms with Gasteiger partial charge in [0.1, 0.15) is 4.87 Å². The van der Waals surface area contributed by atoms with Crippen LogP contribution in [0.4, 0.5) is 0 Å². The molecule has 0 unspecified atom stereocenters. The van der Waals surface area contributed by atoms with E-state index < -0.39 is 10.8 Å². The predicted molar refractivity (Wildman–Crippen MR) is 36.4 cm³/mol. The lowest BCUT2D eigenvalue weighted by atomic mass is 10.2. The summed E-state index contributed by atoms with van der Waals surface area (Å²) in [6, 6.07) is 0. The fraction of sp³-hybridized carbons (Fsp3) is 0.750. The highest BCUT2D eigenvalue weighted by Gasteiger charge is 2.19. The molecule has 0 rings (SSSR count). The molecule has 0 fully saturated rings. The predicted octanol–water partition coefficient (Wildman–Crippen LogP) is 0.911. The van der Waals surface area contributed by atoms with Crippen molar-refractivity contribution in [3.05, 3.63) is 0 Å². The Morgan fingerprint density at radius 3 is 1.75 bits per heavy atom. The van der Waals surface area contributed by atoms with Crippen LogP contribution in [-0.2, 0) is 4.79 Å². The van der Waals surface area contributed by atoms with Crippen LogP contribution in [0.5, 0.6) is 0 Å². The summed E-state index contributed by atoms with van der Waals surface area (Å²) in [6.45, 7) is 3.10. The number of rotatable bonds is 1. The quantitative estimate of drug-likeness (QED) is 0.566. The molecule has 0 saturated heterocycles. The van der Waals surface area contributed by atoms with Gasteiger partial charge in [-0.1, -0.05) is 0 Å². The van der Waals surface area contributed by atoms with Crippen LogP contribution in [0.2, 0.25) is 0 Å². The second-order valence-corrected chi connectivity index (χ2v) is 2.78. The van der Waals surface area contributed by atoms with Gasteiger partial charge in [-0.05, 0) is 13.8 Å². The summed E-state index contributed by atoms with van der Waals surface area (Å²) >= 11 is 5.39. The van der Waals surface area contributed by atoms with Crippen molar-refractivity contribution < 1.29 is 4.79 Å². The fourth-order valence-corrected chi connectivity index (χ4v) is 0. The van der Waals surface area contributed by atoms with E-state index in [1.54, 1.807) is 13.8 Å². The molecule has 2 nitrogen and oxygen atoms in total. The Morgan fingerprint density at radius 1 is 1.62 bits per heavy atom. The maximum atomic E-state index is 10.1. The summed E-state index contributed by atoms with van der Waals surface area (Å²) in [6.07, 6.45) is 0. The molecule has 0 aliphatic heterocycles. The zero-order valence-corrected chi connectivity index (χ0v) is 6.34. The minimum absolute atomic E-state index is 0. The van der Waals surface area contributed by atoms with E-state index in [0.29, 0.717) is 0 Å². The molecule has 0 aromatic rings. The number of alkyl halides is 1. The standard InChI is InChI=1S/C4H8ClNO.ClH/c1-4(2,5)3(6)7;/h1-2H3,(H2,6,7);1H. The molecule has 1 amide bonds. The maximum absolute atomic E-state index is 10.1. The molecule has 0 bridgehead atoms. The number of hydrogen-bond donors (Lipinski definition) is 1. The molecule has 0 atom stereocenters. The first-order chi connectivity index (χ1) is 2.94. The van der Waals surface area contributed by atoms with E-state index in [2.05, 4.69) is 0 Å². The average Bonchev–Trinajstić information content (AvgIpc) is 1.31. The third-order valence-corrected chi connectivity index (χ3v) is 0.772. The summed E-state index contributed by atoms with van der Waals surface area (Å²) in [5.41, 5.74) is 4.80. The summed E-state index contributed by atoms with van der Waals surface area (Å²) in [7, 11) is 0. The van der Waals surface area contributed by atoms with Crippen LogP contribution >= 0.6 is 24.0 Å². The SMILES string of the molecule is CC(C)(Cl)C(N)=O.Cl. The normalized spacial score (nSPS) is 9.88. The van der Waals surface area contributed by atoms with Crippen LogP contribution < -0.4 is 5.73 Å². The first-order valence-electron chi connectivity index (χ1n) is 1.93. The molecule has 0 aromatic carbocycles. The fourth-order valence-electron chi connectivity index (χ4n) is 0. The minimum atomic E-state index is -0.889. The second-order valence-electron chi connectivity index (χ2n) is 1.84. The van der Waals surface area contributed by atoms with Crippen molar-refractivity contribution in [3.8, 4) is 0 Å². The molecular formula is C4H9Cl2NO. The number of amides is 1. The number of carbonyl (C=O) groups is 1. The molecule has 0 heterocycles. The highest BCUT2D eigenvalue weighted by atomic mass is 35.5. The molecule has 0 aliphatic carbocycles. The topological polar surface area (TPSA) is 43.1 Å². The van der Waals surface area contributed by atoms with Gasteiger partial charge in [-0.2, -0.15) is 0 Å². The molecular weight excluding hydrogens is 149 g/mol. The lowest BCUT2D eigenvalue weighted by Crippen LogP contribution is -2.32. The zero-order chi connectivity index (χ0) is 6.08. The molecule has 50 valence electrons. The van der Waals surface area contributed by atoms with Crippen LogP contribution in [0.15, 0.2) is 0 Å². The molecule has 8 heavy (non-hydrogen) atoms. The van der Waals surface area contributed by atoms with Crippen molar-refractivity contribution >= 4 is 29.9 Å². The van der Waals surface area contributed by atoms with Gasteiger partial charge in [0, 0.05) is 0 Å². The van der Waals surface area contributed by atoms with Crippen molar-refractivity contribution in [1.29, 1.82) is 0 Å². The molecule has 0 aliphatic rings. The Morgan fingerprint density at radius 2 is 1.75 bits per heavy atom. The van der Waals surface area contributed by atoms with Crippen LogP contribution in [0.3, 0.4) is 0 Å². The third kappa shape index (κ3) is 4.22. The van der Waals surface area contributed by atoms with E-state index in [0.717, 1.165) is 0 Å². The van der Waals surface area contributed by atoms with Crippen LogP contribution in [-0.4, -0.2) is 10.8 Å². The van der Waals surface area contributed by atoms with E-state index >= 15 is 0 Å². The highest BCUT2D eigenvalue weighted by Crippen LogP contribution is 2.09. The number of nitrogens with two attached hydrogens (primary N) is 1. The number of primary amides is 1. The van der Waals surface area contributed by atoms with Gasteiger partial charge in [0.2, 0.25) is 5.91 Å². The number of halogens is 2. The highest BCUT2D eigenvalue weighted by molar-refractivity contribution is 6.33. The number of hydrogen-bond acceptors (Lipinski definition) is 1. The Labute approximate surface area is 59.8 Å². The van der Waals surface area contributed by atoms with Gasteiger partial charge < -0.3 is 5.73 Å².